The number of methoxy groups -OCH3 is 1. The summed E-state index contributed by atoms with van der Waals surface area (Å²) in [4.78, 5) is 40.5. The molecule has 9 heteroatoms. The molecule has 1 aliphatic heterocycles. The number of carbonyl (C=O) groups is 3. The monoisotopic (exact) mass is 377 g/mol. The van der Waals surface area contributed by atoms with Gasteiger partial charge in [-0.1, -0.05) is 0 Å². The molecule has 1 aliphatic rings. The molecule has 27 heavy (non-hydrogen) atoms. The molecule has 0 spiro atoms. The molecule has 7 nitrogen and oxygen atoms in total. The summed E-state index contributed by atoms with van der Waals surface area (Å²) in [6.45, 7) is -0.819. The first-order chi connectivity index (χ1) is 12.8. The van der Waals surface area contributed by atoms with Crippen LogP contribution in [-0.2, 0) is 14.3 Å². The van der Waals surface area contributed by atoms with Gasteiger partial charge in [-0.2, -0.15) is 5.26 Å². The lowest BCUT2D eigenvalue weighted by molar-refractivity contribution is -0.135. The standard InChI is InChI=1S/C18H17F2N3O4/c1-27-17(26)5-2-12-10-22-7-6-14(12)15(24)3-4-16(25)23-11-18(19,20)8-13(23)9-21/h2,5-7,10,13H,3-4,8,11H2,1H3/b5-2+/t13-/m0/s1. The Kier molecular flexibility index (Phi) is 6.34. The Morgan fingerprint density at radius 2 is 2.19 bits per heavy atom. The SMILES string of the molecule is COC(=O)/C=C/c1cnccc1C(=O)CCC(=O)N1CC(F)(F)C[C@H]1C#N. The molecule has 0 saturated carbocycles. The van der Waals surface area contributed by atoms with Crippen molar-refractivity contribution in [3.8, 4) is 6.07 Å². The molecule has 142 valence electrons. The molecule has 1 fully saturated rings. The summed E-state index contributed by atoms with van der Waals surface area (Å²) in [7, 11) is 1.21. The van der Waals surface area contributed by atoms with Gasteiger partial charge in [0.1, 0.15) is 6.04 Å². The minimum Gasteiger partial charge on any atom is -0.466 e. The van der Waals surface area contributed by atoms with E-state index in [1.54, 1.807) is 6.07 Å². The van der Waals surface area contributed by atoms with Crippen LogP contribution in [0.2, 0.25) is 0 Å². The average molecular weight is 377 g/mol. The van der Waals surface area contributed by atoms with Gasteiger partial charge in [0.2, 0.25) is 5.91 Å². The van der Waals surface area contributed by atoms with E-state index in [2.05, 4.69) is 9.72 Å². The number of Topliss-reactive ketones (excluding diaryl/α,β-unsaturated/α-hetero) is 1. The van der Waals surface area contributed by atoms with Crippen molar-refractivity contribution in [2.45, 2.75) is 31.2 Å². The zero-order valence-corrected chi connectivity index (χ0v) is 14.5. The normalized spacial score (nSPS) is 18.3. The predicted molar refractivity (Wildman–Crippen MR) is 89.5 cm³/mol. The largest absolute Gasteiger partial charge is 0.466 e. The molecule has 1 aromatic heterocycles. The smallest absolute Gasteiger partial charge is 0.330 e. The third-order valence-electron chi connectivity index (χ3n) is 4.06. The molecule has 1 saturated heterocycles. The summed E-state index contributed by atoms with van der Waals surface area (Å²) in [6, 6.07) is 1.93. The maximum atomic E-state index is 13.4. The van der Waals surface area contributed by atoms with Crippen LogP contribution >= 0.6 is 0 Å². The molecule has 0 N–H and O–H groups in total. The quantitative estimate of drug-likeness (QED) is 0.427. The highest BCUT2D eigenvalue weighted by Crippen LogP contribution is 2.32. The Bertz CT molecular complexity index is 817. The molecule has 1 aromatic rings. The number of nitrogens with zero attached hydrogens (tertiary/aromatic N) is 3. The topological polar surface area (TPSA) is 100 Å². The van der Waals surface area contributed by atoms with Crippen molar-refractivity contribution in [1.29, 1.82) is 5.26 Å². The van der Waals surface area contributed by atoms with Gasteiger partial charge in [0, 0.05) is 48.9 Å². The summed E-state index contributed by atoms with van der Waals surface area (Å²) in [5, 5.41) is 8.94. The fourth-order valence-electron chi connectivity index (χ4n) is 2.71. The first-order valence-corrected chi connectivity index (χ1v) is 8.07. The Hall–Kier alpha value is -3.15. The fourth-order valence-corrected chi connectivity index (χ4v) is 2.71. The van der Waals surface area contributed by atoms with E-state index in [0.29, 0.717) is 5.56 Å². The number of pyridine rings is 1. The number of alkyl halides is 2. The Labute approximate surface area is 154 Å². The van der Waals surface area contributed by atoms with Crippen molar-refractivity contribution in [2.75, 3.05) is 13.7 Å². The molecule has 0 unspecified atom stereocenters. The van der Waals surface area contributed by atoms with Crippen LogP contribution in [-0.4, -0.2) is 53.2 Å². The van der Waals surface area contributed by atoms with E-state index in [-0.39, 0.29) is 18.4 Å². The van der Waals surface area contributed by atoms with Crippen LogP contribution < -0.4 is 0 Å². The van der Waals surface area contributed by atoms with Crippen molar-refractivity contribution in [1.82, 2.24) is 9.88 Å². The van der Waals surface area contributed by atoms with Crippen molar-refractivity contribution >= 4 is 23.7 Å². The van der Waals surface area contributed by atoms with Crippen molar-refractivity contribution in [3.63, 3.8) is 0 Å². The number of aromatic nitrogens is 1. The number of amides is 1. The minimum absolute atomic E-state index is 0.220. The van der Waals surface area contributed by atoms with E-state index < -0.39 is 42.6 Å². The van der Waals surface area contributed by atoms with Gasteiger partial charge in [-0.3, -0.25) is 14.6 Å². The Morgan fingerprint density at radius 3 is 2.85 bits per heavy atom. The maximum absolute atomic E-state index is 13.4. The van der Waals surface area contributed by atoms with E-state index in [1.807, 2.05) is 0 Å². The van der Waals surface area contributed by atoms with Crippen molar-refractivity contribution < 1.29 is 27.9 Å². The number of carbonyl (C=O) groups excluding carboxylic acids is 3. The number of halogens is 2. The summed E-state index contributed by atoms with van der Waals surface area (Å²) in [6.07, 6.45) is 4.04. The number of hydrogen-bond acceptors (Lipinski definition) is 6. The predicted octanol–water partition coefficient (Wildman–Crippen LogP) is 1.99. The lowest BCUT2D eigenvalue weighted by Crippen LogP contribution is -2.36. The zero-order chi connectivity index (χ0) is 20.0. The minimum atomic E-state index is -3.10. The van der Waals surface area contributed by atoms with E-state index >= 15 is 0 Å². The highest BCUT2D eigenvalue weighted by atomic mass is 19.3. The van der Waals surface area contributed by atoms with Crippen molar-refractivity contribution in [2.24, 2.45) is 0 Å². The van der Waals surface area contributed by atoms with Gasteiger partial charge in [-0.15, -0.1) is 0 Å². The number of nitriles is 1. The second-order valence-corrected chi connectivity index (χ2v) is 5.97. The van der Waals surface area contributed by atoms with Gasteiger partial charge in [0.25, 0.3) is 5.92 Å². The van der Waals surface area contributed by atoms with Gasteiger partial charge in [0.15, 0.2) is 5.78 Å². The van der Waals surface area contributed by atoms with Crippen LogP contribution in [0.5, 0.6) is 0 Å². The Balaban J connectivity index is 2.04. The van der Waals surface area contributed by atoms with Crippen LogP contribution in [0.25, 0.3) is 6.08 Å². The highest BCUT2D eigenvalue weighted by Gasteiger charge is 2.47. The average Bonchev–Trinajstić information content (AvgIpc) is 2.98. The van der Waals surface area contributed by atoms with Gasteiger partial charge in [0.05, 0.1) is 19.7 Å². The maximum Gasteiger partial charge on any atom is 0.330 e. The molecular formula is C18H17F2N3O4. The molecule has 0 aromatic carbocycles. The highest BCUT2D eigenvalue weighted by molar-refractivity contribution is 6.01. The summed E-state index contributed by atoms with van der Waals surface area (Å²) >= 11 is 0. The van der Waals surface area contributed by atoms with Crippen LogP contribution in [0.1, 0.15) is 35.2 Å². The van der Waals surface area contributed by atoms with Gasteiger partial charge in [-0.25, -0.2) is 13.6 Å². The lowest BCUT2D eigenvalue weighted by Gasteiger charge is -2.18. The molecule has 2 heterocycles. The number of likely N-dealkylation sites (tertiary alicyclic amines) is 1. The summed E-state index contributed by atoms with van der Waals surface area (Å²) in [5.74, 6) is -4.79. The third-order valence-corrected chi connectivity index (χ3v) is 4.06. The first kappa shape index (κ1) is 20.2. The van der Waals surface area contributed by atoms with Gasteiger partial charge >= 0.3 is 5.97 Å². The second kappa shape index (κ2) is 8.49. The Morgan fingerprint density at radius 1 is 1.44 bits per heavy atom. The van der Waals surface area contributed by atoms with Crippen molar-refractivity contribution in [3.05, 3.63) is 35.7 Å². The molecular weight excluding hydrogens is 360 g/mol. The van der Waals surface area contributed by atoms with E-state index in [1.165, 1.54) is 31.6 Å². The first-order valence-electron chi connectivity index (χ1n) is 8.07. The molecule has 1 amide bonds. The second-order valence-electron chi connectivity index (χ2n) is 5.97. The molecule has 0 radical (unpaired) electrons. The van der Waals surface area contributed by atoms with E-state index in [0.717, 1.165) is 11.0 Å². The summed E-state index contributed by atoms with van der Waals surface area (Å²) in [5.41, 5.74) is 0.601. The number of rotatable bonds is 6. The lowest BCUT2D eigenvalue weighted by atomic mass is 10.0. The number of ketones is 1. The van der Waals surface area contributed by atoms with E-state index in [4.69, 9.17) is 5.26 Å². The van der Waals surface area contributed by atoms with Crippen LogP contribution in [0.3, 0.4) is 0 Å². The molecule has 0 bridgehead atoms. The van der Waals surface area contributed by atoms with E-state index in [9.17, 15) is 23.2 Å². The van der Waals surface area contributed by atoms with Crippen LogP contribution in [0.4, 0.5) is 8.78 Å². The number of ether oxygens (including phenoxy) is 1. The van der Waals surface area contributed by atoms with Gasteiger partial charge in [-0.05, 0) is 12.1 Å². The number of hydrogen-bond donors (Lipinski definition) is 0. The van der Waals surface area contributed by atoms with Crippen LogP contribution in [0.15, 0.2) is 24.5 Å². The third kappa shape index (κ3) is 5.17. The number of esters is 1. The van der Waals surface area contributed by atoms with Gasteiger partial charge < -0.3 is 9.64 Å². The fraction of sp³-hybridized carbons (Fsp3) is 0.389. The van der Waals surface area contributed by atoms with Crippen LogP contribution in [0, 0.1) is 11.3 Å². The molecule has 2 rings (SSSR count). The molecule has 0 aliphatic carbocycles. The summed E-state index contributed by atoms with van der Waals surface area (Å²) < 4.78 is 31.3. The zero-order valence-electron chi connectivity index (χ0n) is 14.5. The molecule has 1 atom stereocenters.